The molecule has 0 aromatic carbocycles. The van der Waals surface area contributed by atoms with E-state index in [1.54, 1.807) is 17.5 Å². The van der Waals surface area contributed by atoms with Crippen LogP contribution in [0.1, 0.15) is 0 Å². The minimum absolute atomic E-state index is 0.574. The Morgan fingerprint density at radius 3 is 2.44 bits per heavy atom. The van der Waals surface area contributed by atoms with Gasteiger partial charge in [0.1, 0.15) is 5.15 Å². The largest absolute Gasteiger partial charge is 0.339 e. The van der Waals surface area contributed by atoms with Crippen LogP contribution >= 0.6 is 77.8 Å². The summed E-state index contributed by atoms with van der Waals surface area (Å²) in [5, 5.41) is -1.63. The van der Waals surface area contributed by atoms with Crippen molar-refractivity contribution in [2.24, 2.45) is 0 Å². The lowest BCUT2D eigenvalue weighted by Crippen LogP contribution is -1.70. The number of nitrogens with zero attached hydrogens (tertiary/aromatic N) is 1. The Balaban J connectivity index is 0.000000221. The predicted octanol–water partition coefficient (Wildman–Crippen LogP) is 6.52. The van der Waals surface area contributed by atoms with Gasteiger partial charge >= 0.3 is 5.20 Å². The molecule has 0 aliphatic rings. The maximum atomic E-state index is 9.51. The number of hydrogen-bond donors (Lipinski definition) is 0. The zero-order valence-electron chi connectivity index (χ0n) is 7.33. The number of aromatic nitrogens is 1. The number of thiophene rings is 1. The normalized spacial score (nSPS) is 11.1. The van der Waals surface area contributed by atoms with Crippen LogP contribution in [-0.2, 0) is 4.57 Å². The van der Waals surface area contributed by atoms with Crippen LogP contribution in [0.4, 0.5) is 0 Å². The van der Waals surface area contributed by atoms with E-state index in [4.69, 9.17) is 11.6 Å². The molecule has 0 unspecified atom stereocenters. The second-order valence-electron chi connectivity index (χ2n) is 2.46. The molecule has 0 saturated heterocycles. The number of halogens is 5. The first kappa shape index (κ1) is 15.0. The minimum atomic E-state index is -3.22. The molecule has 0 saturated carbocycles. The average Bonchev–Trinajstić information content (AvgIpc) is 2.44. The molecule has 0 atom stereocenters. The molecule has 2 aromatic heterocycles. The van der Waals surface area contributed by atoms with Crippen molar-refractivity contribution in [2.75, 3.05) is 0 Å². The molecule has 2 nitrogen and oxygen atoms in total. The summed E-state index contributed by atoms with van der Waals surface area (Å²) in [5.74, 6) is 0. The summed E-state index contributed by atoms with van der Waals surface area (Å²) in [4.78, 5) is 3.97. The van der Waals surface area contributed by atoms with E-state index >= 15 is 0 Å². The third kappa shape index (κ3) is 5.54. The highest BCUT2D eigenvalue weighted by molar-refractivity contribution is 9.11. The summed E-state index contributed by atoms with van der Waals surface area (Å²) in [6, 6.07) is 3.94. The van der Waals surface area contributed by atoms with E-state index in [9.17, 15) is 4.57 Å². The van der Waals surface area contributed by atoms with Crippen molar-refractivity contribution in [2.45, 2.75) is 0 Å². The Hall–Kier alpha value is 0.980. The topological polar surface area (TPSA) is 30.0 Å². The van der Waals surface area contributed by atoms with Gasteiger partial charge in [-0.15, -0.1) is 11.3 Å². The van der Waals surface area contributed by atoms with E-state index < -0.39 is 5.20 Å². The van der Waals surface area contributed by atoms with Crippen LogP contribution in [0.3, 0.4) is 0 Å². The van der Waals surface area contributed by atoms with Crippen molar-refractivity contribution in [1.29, 1.82) is 0 Å². The molecule has 0 radical (unpaired) electrons. The summed E-state index contributed by atoms with van der Waals surface area (Å²) in [6.45, 7) is 0. The molecule has 9 heteroatoms. The average molecular weight is 402 g/mol. The fourth-order valence-electron chi connectivity index (χ4n) is 0.899. The fraction of sp³-hybridized carbons (Fsp3) is 0. The fourth-order valence-corrected chi connectivity index (χ4v) is 2.70. The summed E-state index contributed by atoms with van der Waals surface area (Å²) >= 11 is 24.7. The van der Waals surface area contributed by atoms with Crippen molar-refractivity contribution in [3.05, 3.63) is 27.3 Å². The molecule has 88 valence electrons. The Labute approximate surface area is 124 Å². The molecular weight excluding hydrogens is 399 g/mol. The first-order valence-corrected chi connectivity index (χ1v) is 10.1. The Morgan fingerprint density at radius 1 is 1.38 bits per heavy atom. The van der Waals surface area contributed by atoms with Crippen LogP contribution in [0.2, 0.25) is 5.15 Å². The Morgan fingerprint density at radius 2 is 1.94 bits per heavy atom. The van der Waals surface area contributed by atoms with Gasteiger partial charge in [0.05, 0.1) is 3.79 Å². The zero-order valence-corrected chi connectivity index (χ0v) is 13.7. The molecular formula is C7H3BrCl4NOPS. The van der Waals surface area contributed by atoms with Crippen molar-refractivity contribution in [3.63, 3.8) is 0 Å². The molecule has 0 N–H and O–H groups in total. The molecule has 0 aliphatic carbocycles. The van der Waals surface area contributed by atoms with Crippen LogP contribution in [0.15, 0.2) is 22.1 Å². The SMILES string of the molecule is Clc1nccc2sc(Br)cc12.O=P(Cl)(Cl)Cl. The van der Waals surface area contributed by atoms with Gasteiger partial charge in [-0.2, -0.15) is 0 Å². The van der Waals surface area contributed by atoms with Crippen molar-refractivity contribution >= 4 is 87.9 Å². The van der Waals surface area contributed by atoms with Gasteiger partial charge in [0.15, 0.2) is 0 Å². The summed E-state index contributed by atoms with van der Waals surface area (Å²) in [6.07, 6.45) is 1.72. The van der Waals surface area contributed by atoms with Gasteiger partial charge in [0.25, 0.3) is 0 Å². The lowest BCUT2D eigenvalue weighted by atomic mass is 10.3. The van der Waals surface area contributed by atoms with Gasteiger partial charge in [0.2, 0.25) is 0 Å². The molecule has 2 rings (SSSR count). The summed E-state index contributed by atoms with van der Waals surface area (Å²) in [7, 11) is 0. The second-order valence-corrected chi connectivity index (χ2v) is 11.9. The lowest BCUT2D eigenvalue weighted by molar-refractivity contribution is 0.600. The Bertz CT molecular complexity index is 534. The summed E-state index contributed by atoms with van der Waals surface area (Å²) < 4.78 is 11.8. The van der Waals surface area contributed by atoms with E-state index in [1.807, 2.05) is 12.1 Å². The second kappa shape index (κ2) is 6.24. The van der Waals surface area contributed by atoms with Gasteiger partial charge in [-0.25, -0.2) is 4.98 Å². The lowest BCUT2D eigenvalue weighted by Gasteiger charge is -1.88. The number of pyridine rings is 1. The maximum Gasteiger partial charge on any atom is 0.339 e. The third-order valence-corrected chi connectivity index (χ3v) is 3.27. The van der Waals surface area contributed by atoms with E-state index in [0.717, 1.165) is 13.9 Å². The van der Waals surface area contributed by atoms with Crippen molar-refractivity contribution < 1.29 is 4.57 Å². The first-order chi connectivity index (χ1) is 7.27. The van der Waals surface area contributed by atoms with Crippen molar-refractivity contribution in [3.8, 4) is 0 Å². The van der Waals surface area contributed by atoms with E-state index in [-0.39, 0.29) is 0 Å². The van der Waals surface area contributed by atoms with Crippen LogP contribution in [0.5, 0.6) is 0 Å². The minimum Gasteiger partial charge on any atom is -0.271 e. The van der Waals surface area contributed by atoms with Crippen LogP contribution in [-0.4, -0.2) is 4.98 Å². The quantitative estimate of drug-likeness (QED) is 0.371. The van der Waals surface area contributed by atoms with Crippen LogP contribution < -0.4 is 0 Å². The Kier molecular flexibility index (Phi) is 5.86. The standard InChI is InChI=1S/C7H3BrClNS.Cl3OP/c8-6-3-4-5(11-6)1-2-10-7(4)9;1-5(2,3)4/h1-3H;. The van der Waals surface area contributed by atoms with E-state index in [1.165, 1.54) is 0 Å². The highest BCUT2D eigenvalue weighted by Gasteiger charge is 2.03. The van der Waals surface area contributed by atoms with Crippen LogP contribution in [0, 0.1) is 0 Å². The van der Waals surface area contributed by atoms with Crippen molar-refractivity contribution in [1.82, 2.24) is 4.98 Å². The predicted molar refractivity (Wildman–Crippen MR) is 77.5 cm³/mol. The zero-order chi connectivity index (χ0) is 12.3. The number of hydrogen-bond acceptors (Lipinski definition) is 3. The monoisotopic (exact) mass is 399 g/mol. The van der Waals surface area contributed by atoms with Gasteiger partial charge < -0.3 is 0 Å². The highest BCUT2D eigenvalue weighted by atomic mass is 79.9. The van der Waals surface area contributed by atoms with E-state index in [0.29, 0.717) is 5.15 Å². The molecule has 16 heavy (non-hydrogen) atoms. The molecule has 2 heterocycles. The van der Waals surface area contributed by atoms with Gasteiger partial charge in [0, 0.05) is 16.3 Å². The van der Waals surface area contributed by atoms with Gasteiger partial charge in [-0.3, -0.25) is 4.57 Å². The van der Waals surface area contributed by atoms with Crippen LogP contribution in [0.25, 0.3) is 10.1 Å². The molecule has 0 bridgehead atoms. The molecule has 2 aromatic rings. The smallest absolute Gasteiger partial charge is 0.271 e. The van der Waals surface area contributed by atoms with Gasteiger partial charge in [-0.05, 0) is 61.8 Å². The maximum absolute atomic E-state index is 9.51. The third-order valence-electron chi connectivity index (χ3n) is 1.37. The highest BCUT2D eigenvalue weighted by Crippen LogP contribution is 2.61. The number of rotatable bonds is 0. The number of fused-ring (bicyclic) bond motifs is 1. The molecule has 0 amide bonds. The van der Waals surface area contributed by atoms with E-state index in [2.05, 4.69) is 54.6 Å². The molecule has 0 spiro atoms. The molecule has 0 fully saturated rings. The summed E-state index contributed by atoms with van der Waals surface area (Å²) in [5.41, 5.74) is 0. The van der Waals surface area contributed by atoms with Gasteiger partial charge in [-0.1, -0.05) is 11.6 Å². The molecule has 0 aliphatic heterocycles. The first-order valence-electron chi connectivity index (χ1n) is 3.66.